The van der Waals surface area contributed by atoms with Crippen LogP contribution in [0, 0.1) is 0 Å². The average molecular weight is 473 g/mol. The summed E-state index contributed by atoms with van der Waals surface area (Å²) < 4.78 is 0. The van der Waals surface area contributed by atoms with Gasteiger partial charge in [0, 0.05) is 6.54 Å². The van der Waals surface area contributed by atoms with Gasteiger partial charge in [0.15, 0.2) is 0 Å². The van der Waals surface area contributed by atoms with Crippen molar-refractivity contribution >= 4 is 41.3 Å². The van der Waals surface area contributed by atoms with Crippen molar-refractivity contribution in [2.75, 3.05) is 6.54 Å². The zero-order valence-electron chi connectivity index (χ0n) is 19.1. The highest BCUT2D eigenvalue weighted by molar-refractivity contribution is 6.31. The van der Waals surface area contributed by atoms with Crippen LogP contribution in [-0.2, 0) is 4.79 Å². The van der Waals surface area contributed by atoms with E-state index in [4.69, 9.17) is 23.2 Å². The normalized spacial score (nSPS) is 11.3. The Morgan fingerprint density at radius 1 is 0.742 bits per heavy atom. The van der Waals surface area contributed by atoms with Gasteiger partial charge in [-0.15, -0.1) is 0 Å². The number of amides is 1. The summed E-state index contributed by atoms with van der Waals surface area (Å²) in [6.45, 7) is 2.91. The maximum atomic E-state index is 11.7. The summed E-state index contributed by atoms with van der Waals surface area (Å²) in [5, 5.41) is 2.70. The zero-order chi connectivity index (χ0) is 22.6. The van der Waals surface area contributed by atoms with Crippen LogP contribution < -0.4 is 5.32 Å². The summed E-state index contributed by atoms with van der Waals surface area (Å²) in [6, 6.07) is 0. The molecular weight excluding hydrogens is 433 g/mol. The molecule has 1 aromatic rings. The largest absolute Gasteiger partial charge is 0.351 e. The quantitative estimate of drug-likeness (QED) is 0.170. The van der Waals surface area contributed by atoms with Crippen LogP contribution in [0.15, 0.2) is 4.99 Å². The van der Waals surface area contributed by atoms with Gasteiger partial charge < -0.3 is 5.32 Å². The number of aromatic nitrogens is 3. The van der Waals surface area contributed by atoms with Crippen molar-refractivity contribution in [3.63, 3.8) is 0 Å². The minimum atomic E-state index is -0.284. The summed E-state index contributed by atoms with van der Waals surface area (Å²) in [4.78, 5) is 26.8. The van der Waals surface area contributed by atoms with Gasteiger partial charge in [-0.1, -0.05) is 103 Å². The van der Waals surface area contributed by atoms with Crippen molar-refractivity contribution in [3.8, 4) is 0 Å². The molecule has 0 unspecified atom stereocenters. The van der Waals surface area contributed by atoms with Crippen molar-refractivity contribution in [1.82, 2.24) is 20.3 Å². The standard InChI is InChI=1S/C23H39Cl2N5O/c1-2-3-4-5-6-7-8-9-10-11-12-13-14-15-16-17-18-26-20(31)19-27-23-29-21(24)28-22(25)30-23/h19H,2-18H2,1H3,(H,26,31)/b27-19+. The maximum absolute atomic E-state index is 11.7. The zero-order valence-corrected chi connectivity index (χ0v) is 20.6. The summed E-state index contributed by atoms with van der Waals surface area (Å²) in [7, 11) is 0. The van der Waals surface area contributed by atoms with E-state index >= 15 is 0 Å². The Hall–Kier alpha value is -1.27. The van der Waals surface area contributed by atoms with E-state index in [-0.39, 0.29) is 22.4 Å². The van der Waals surface area contributed by atoms with Gasteiger partial charge in [0.25, 0.3) is 11.9 Å². The van der Waals surface area contributed by atoms with Crippen LogP contribution in [0.25, 0.3) is 0 Å². The van der Waals surface area contributed by atoms with Crippen LogP contribution in [0.5, 0.6) is 0 Å². The summed E-state index contributed by atoms with van der Waals surface area (Å²) in [5.41, 5.74) is 0. The Labute approximate surface area is 198 Å². The molecule has 8 heteroatoms. The number of nitrogens with one attached hydrogen (secondary N) is 1. The van der Waals surface area contributed by atoms with Crippen molar-refractivity contribution in [2.24, 2.45) is 4.99 Å². The minimum absolute atomic E-state index is 0.0163. The third-order valence-electron chi connectivity index (χ3n) is 5.20. The number of carbonyl (C=O) groups is 1. The van der Waals surface area contributed by atoms with Crippen LogP contribution in [0.4, 0.5) is 5.95 Å². The molecule has 1 amide bonds. The molecule has 0 fully saturated rings. The summed E-state index contributed by atoms with van der Waals surface area (Å²) in [5.74, 6) is -0.267. The Morgan fingerprint density at radius 3 is 1.61 bits per heavy atom. The number of rotatable bonds is 19. The second-order valence-electron chi connectivity index (χ2n) is 8.03. The smallest absolute Gasteiger partial charge is 0.262 e. The number of hydrogen-bond donors (Lipinski definition) is 1. The fourth-order valence-electron chi connectivity index (χ4n) is 3.42. The first-order valence-electron chi connectivity index (χ1n) is 12.0. The molecular formula is C23H39Cl2N5O. The highest BCUT2D eigenvalue weighted by Gasteiger charge is 2.02. The number of halogens is 2. The second kappa shape index (κ2) is 19.4. The molecule has 0 saturated carbocycles. The Morgan fingerprint density at radius 2 is 1.16 bits per heavy atom. The number of nitrogens with zero attached hydrogens (tertiary/aromatic N) is 4. The molecule has 0 aliphatic carbocycles. The Balaban J connectivity index is 1.86. The van der Waals surface area contributed by atoms with E-state index in [1.807, 2.05) is 0 Å². The molecule has 0 aliphatic rings. The monoisotopic (exact) mass is 471 g/mol. The third-order valence-corrected chi connectivity index (χ3v) is 5.53. The predicted molar refractivity (Wildman–Crippen MR) is 131 cm³/mol. The van der Waals surface area contributed by atoms with Crippen LogP contribution in [0.3, 0.4) is 0 Å². The van der Waals surface area contributed by atoms with Gasteiger partial charge in [0.05, 0.1) is 6.21 Å². The minimum Gasteiger partial charge on any atom is -0.351 e. The van der Waals surface area contributed by atoms with Crippen LogP contribution in [-0.4, -0.2) is 33.6 Å². The molecule has 0 atom stereocenters. The average Bonchev–Trinajstić information content (AvgIpc) is 2.74. The van der Waals surface area contributed by atoms with E-state index in [9.17, 15) is 4.79 Å². The highest BCUT2D eigenvalue weighted by atomic mass is 35.5. The fraction of sp³-hybridized carbons (Fsp3) is 0.783. The predicted octanol–water partition coefficient (Wildman–Crippen LogP) is 7.26. The lowest BCUT2D eigenvalue weighted by Crippen LogP contribution is -2.25. The van der Waals surface area contributed by atoms with Gasteiger partial charge >= 0.3 is 0 Å². The SMILES string of the molecule is CCCCCCCCCCCCCCCCCCNC(=O)/C=N/c1nc(Cl)nc(Cl)n1. The van der Waals surface area contributed by atoms with Gasteiger partial charge in [-0.3, -0.25) is 4.79 Å². The maximum Gasteiger partial charge on any atom is 0.262 e. The van der Waals surface area contributed by atoms with E-state index in [0.717, 1.165) is 19.1 Å². The molecule has 0 radical (unpaired) electrons. The number of aliphatic imine (C=N–C) groups is 1. The second-order valence-corrected chi connectivity index (χ2v) is 8.70. The molecule has 1 aromatic heterocycles. The Bertz CT molecular complexity index is 608. The third kappa shape index (κ3) is 17.0. The molecule has 0 aliphatic heterocycles. The topological polar surface area (TPSA) is 80.1 Å². The van der Waals surface area contributed by atoms with Gasteiger partial charge in [-0.05, 0) is 29.6 Å². The number of hydrogen-bond acceptors (Lipinski definition) is 5. The molecule has 0 aromatic carbocycles. The first kappa shape index (κ1) is 27.8. The van der Waals surface area contributed by atoms with E-state index < -0.39 is 0 Å². The van der Waals surface area contributed by atoms with Crippen LogP contribution in [0.1, 0.15) is 110 Å². The number of unbranched alkanes of at least 4 members (excludes halogenated alkanes) is 15. The molecule has 0 saturated heterocycles. The molecule has 176 valence electrons. The first-order chi connectivity index (χ1) is 15.1. The van der Waals surface area contributed by atoms with Gasteiger partial charge in [0.2, 0.25) is 10.6 Å². The molecule has 1 N–H and O–H groups in total. The lowest BCUT2D eigenvalue weighted by atomic mass is 10.0. The van der Waals surface area contributed by atoms with Crippen LogP contribution in [0.2, 0.25) is 10.6 Å². The van der Waals surface area contributed by atoms with Gasteiger partial charge in [-0.2, -0.15) is 15.0 Å². The lowest BCUT2D eigenvalue weighted by Gasteiger charge is -2.04. The fourth-order valence-corrected chi connectivity index (χ4v) is 3.78. The molecule has 0 bridgehead atoms. The highest BCUT2D eigenvalue weighted by Crippen LogP contribution is 2.14. The van der Waals surface area contributed by atoms with E-state index in [0.29, 0.717) is 6.54 Å². The molecule has 31 heavy (non-hydrogen) atoms. The van der Waals surface area contributed by atoms with Crippen molar-refractivity contribution in [1.29, 1.82) is 0 Å². The van der Waals surface area contributed by atoms with Gasteiger partial charge in [0.1, 0.15) is 0 Å². The molecule has 6 nitrogen and oxygen atoms in total. The van der Waals surface area contributed by atoms with Crippen molar-refractivity contribution < 1.29 is 4.79 Å². The molecule has 0 spiro atoms. The van der Waals surface area contributed by atoms with E-state index in [1.54, 1.807) is 0 Å². The van der Waals surface area contributed by atoms with Crippen LogP contribution >= 0.6 is 23.2 Å². The first-order valence-corrected chi connectivity index (χ1v) is 12.8. The molecule has 1 rings (SSSR count). The van der Waals surface area contributed by atoms with E-state index in [1.165, 1.54) is 89.9 Å². The Kier molecular flexibility index (Phi) is 17.4. The molecule has 1 heterocycles. The van der Waals surface area contributed by atoms with Gasteiger partial charge in [-0.25, -0.2) is 4.99 Å². The van der Waals surface area contributed by atoms with Crippen molar-refractivity contribution in [3.05, 3.63) is 10.6 Å². The lowest BCUT2D eigenvalue weighted by molar-refractivity contribution is -0.114. The summed E-state index contributed by atoms with van der Waals surface area (Å²) >= 11 is 11.3. The number of carbonyl (C=O) groups excluding carboxylic acids is 1. The van der Waals surface area contributed by atoms with Crippen molar-refractivity contribution in [2.45, 2.75) is 110 Å². The van der Waals surface area contributed by atoms with E-state index in [2.05, 4.69) is 32.2 Å². The summed E-state index contributed by atoms with van der Waals surface area (Å²) in [6.07, 6.45) is 22.5.